The quantitative estimate of drug-likeness (QED) is 0.146. The Kier molecular flexibility index (Phi) is 9.21. The average Bonchev–Trinajstić information content (AvgIpc) is 3.26. The van der Waals surface area contributed by atoms with Crippen LogP contribution in [0.15, 0.2) is 188 Å². The van der Waals surface area contributed by atoms with Gasteiger partial charge in [0.1, 0.15) is 0 Å². The molecule has 0 N–H and O–H groups in total. The molecule has 0 fully saturated rings. The lowest BCUT2D eigenvalue weighted by atomic mass is 9.95. The van der Waals surface area contributed by atoms with Crippen LogP contribution in [0.4, 0.5) is 0 Å². The second-order valence-corrected chi connectivity index (χ2v) is 20.3. The minimum atomic E-state index is -1.36. The Morgan fingerprint density at radius 2 is 0.786 bits per heavy atom. The second-order valence-electron chi connectivity index (χ2n) is 15.2. The first-order valence-electron chi connectivity index (χ1n) is 19.0. The number of pyridine rings is 1. The summed E-state index contributed by atoms with van der Waals surface area (Å²) in [4.78, 5) is 19.8. The smallest absolute Gasteiger partial charge is 0.165 e. The molecule has 0 spiro atoms. The molecule has 0 atom stereocenters. The molecular formula is C51H40N4Si. The molecule has 0 aliphatic heterocycles. The summed E-state index contributed by atoms with van der Waals surface area (Å²) in [5, 5.41) is 3.84. The predicted molar refractivity (Wildman–Crippen MR) is 236 cm³/mol. The SMILES string of the molecule is C[Si](C)(C)c1ccc(-c2cccc(-c3cccc(-c4cccc(-c5nc(-c6ccccc6)nc(-c6cncc(-c7cccc8ccccc78)c6)n5)c4)c3)c2)cc1. The van der Waals surface area contributed by atoms with Crippen molar-refractivity contribution >= 4 is 24.0 Å². The van der Waals surface area contributed by atoms with Crippen LogP contribution in [0.25, 0.3) is 89.4 Å². The van der Waals surface area contributed by atoms with Gasteiger partial charge in [0.05, 0.1) is 8.07 Å². The van der Waals surface area contributed by atoms with E-state index >= 15 is 0 Å². The Labute approximate surface area is 329 Å². The van der Waals surface area contributed by atoms with E-state index in [2.05, 4.69) is 170 Å². The van der Waals surface area contributed by atoms with Crippen molar-refractivity contribution in [2.45, 2.75) is 19.6 Å². The lowest BCUT2D eigenvalue weighted by molar-refractivity contribution is 1.07. The van der Waals surface area contributed by atoms with E-state index in [9.17, 15) is 0 Å². The molecule has 0 saturated carbocycles. The Morgan fingerprint density at radius 3 is 1.43 bits per heavy atom. The van der Waals surface area contributed by atoms with Gasteiger partial charge in [0.2, 0.25) is 0 Å². The van der Waals surface area contributed by atoms with Crippen LogP contribution in [0.5, 0.6) is 0 Å². The number of hydrogen-bond acceptors (Lipinski definition) is 4. The van der Waals surface area contributed by atoms with Crippen LogP contribution in [0.3, 0.4) is 0 Å². The number of hydrogen-bond donors (Lipinski definition) is 0. The van der Waals surface area contributed by atoms with Crippen molar-refractivity contribution < 1.29 is 0 Å². The maximum atomic E-state index is 5.09. The van der Waals surface area contributed by atoms with Crippen molar-refractivity contribution in [1.82, 2.24) is 19.9 Å². The van der Waals surface area contributed by atoms with Gasteiger partial charge >= 0.3 is 0 Å². The highest BCUT2D eigenvalue weighted by Crippen LogP contribution is 2.34. The van der Waals surface area contributed by atoms with E-state index in [4.69, 9.17) is 15.0 Å². The van der Waals surface area contributed by atoms with Gasteiger partial charge in [-0.15, -0.1) is 0 Å². The highest BCUT2D eigenvalue weighted by molar-refractivity contribution is 6.88. The summed E-state index contributed by atoms with van der Waals surface area (Å²) in [7, 11) is -1.36. The number of nitrogens with zero attached hydrogens (tertiary/aromatic N) is 4. The number of aromatic nitrogens is 4. The van der Waals surface area contributed by atoms with Crippen LogP contribution in [0.1, 0.15) is 0 Å². The summed E-state index contributed by atoms with van der Waals surface area (Å²) >= 11 is 0. The molecule has 7 aromatic carbocycles. The summed E-state index contributed by atoms with van der Waals surface area (Å²) in [6.45, 7) is 7.17. The molecule has 9 aromatic rings. The van der Waals surface area contributed by atoms with Gasteiger partial charge < -0.3 is 0 Å². The van der Waals surface area contributed by atoms with Crippen molar-refractivity contribution in [3.63, 3.8) is 0 Å². The van der Waals surface area contributed by atoms with Crippen molar-refractivity contribution in [3.05, 3.63) is 188 Å². The summed E-state index contributed by atoms with van der Waals surface area (Å²) < 4.78 is 0. The minimum Gasteiger partial charge on any atom is -0.263 e. The lowest BCUT2D eigenvalue weighted by Crippen LogP contribution is -2.37. The van der Waals surface area contributed by atoms with E-state index in [1.807, 2.05) is 42.7 Å². The lowest BCUT2D eigenvalue weighted by Gasteiger charge is -2.17. The van der Waals surface area contributed by atoms with Crippen molar-refractivity contribution in [2.24, 2.45) is 0 Å². The minimum absolute atomic E-state index is 0.575. The van der Waals surface area contributed by atoms with E-state index in [0.29, 0.717) is 17.5 Å². The molecule has 0 unspecified atom stereocenters. The maximum Gasteiger partial charge on any atom is 0.165 e. The topological polar surface area (TPSA) is 51.6 Å². The van der Waals surface area contributed by atoms with Crippen LogP contribution < -0.4 is 5.19 Å². The van der Waals surface area contributed by atoms with Crippen LogP contribution in [0.2, 0.25) is 19.6 Å². The van der Waals surface area contributed by atoms with Crippen LogP contribution in [0, 0.1) is 0 Å². The van der Waals surface area contributed by atoms with E-state index in [1.54, 1.807) is 0 Å². The van der Waals surface area contributed by atoms with E-state index in [1.165, 1.54) is 38.2 Å². The Balaban J connectivity index is 1.08. The fourth-order valence-electron chi connectivity index (χ4n) is 7.29. The molecule has 2 heterocycles. The Bertz CT molecular complexity index is 2840. The van der Waals surface area contributed by atoms with Crippen LogP contribution in [-0.2, 0) is 0 Å². The van der Waals surface area contributed by atoms with Gasteiger partial charge in [-0.3, -0.25) is 4.98 Å². The largest absolute Gasteiger partial charge is 0.263 e. The first kappa shape index (κ1) is 34.9. The highest BCUT2D eigenvalue weighted by Gasteiger charge is 2.17. The normalized spacial score (nSPS) is 11.5. The fraction of sp³-hybridized carbons (Fsp3) is 0.0588. The molecule has 56 heavy (non-hydrogen) atoms. The van der Waals surface area contributed by atoms with Crippen molar-refractivity contribution in [3.8, 4) is 78.7 Å². The van der Waals surface area contributed by atoms with Gasteiger partial charge in [-0.05, 0) is 74.0 Å². The molecule has 0 bridgehead atoms. The van der Waals surface area contributed by atoms with E-state index in [0.717, 1.165) is 38.9 Å². The third-order valence-electron chi connectivity index (χ3n) is 10.4. The monoisotopic (exact) mass is 736 g/mol. The molecule has 2 aromatic heterocycles. The predicted octanol–water partition coefficient (Wildman–Crippen LogP) is 12.6. The van der Waals surface area contributed by atoms with Crippen molar-refractivity contribution in [2.75, 3.05) is 0 Å². The number of fused-ring (bicyclic) bond motifs is 1. The molecule has 0 aliphatic carbocycles. The molecule has 0 radical (unpaired) electrons. The highest BCUT2D eigenvalue weighted by atomic mass is 28.3. The zero-order valence-electron chi connectivity index (χ0n) is 31.7. The van der Waals surface area contributed by atoms with Gasteiger partial charge in [0, 0.05) is 34.6 Å². The van der Waals surface area contributed by atoms with Crippen molar-refractivity contribution in [1.29, 1.82) is 0 Å². The zero-order valence-corrected chi connectivity index (χ0v) is 32.7. The Morgan fingerprint density at radius 1 is 0.339 bits per heavy atom. The Hall–Kier alpha value is -6.82. The summed E-state index contributed by atoms with van der Waals surface area (Å²) in [6, 6.07) is 62.2. The second kappa shape index (κ2) is 14.8. The molecule has 4 nitrogen and oxygen atoms in total. The standard InChI is InChI=1S/C51H40N4Si/c1-56(2,3)46-27-25-35(26-28-46)38-17-9-18-39(29-38)40-19-10-20-41(30-40)42-21-11-22-43(31-42)50-53-49(37-14-5-4-6-15-37)54-51(55-50)45-32-44(33-52-34-45)48-24-12-16-36-13-7-8-23-47(36)48/h4-34H,1-3H3. The summed E-state index contributed by atoms with van der Waals surface area (Å²) in [5.41, 5.74) is 11.8. The average molecular weight is 737 g/mol. The molecule has 9 rings (SSSR count). The molecule has 268 valence electrons. The third-order valence-corrected chi connectivity index (χ3v) is 12.4. The third kappa shape index (κ3) is 7.20. The van der Waals surface area contributed by atoms with Crippen LogP contribution >= 0.6 is 0 Å². The molecule has 0 saturated heterocycles. The first-order chi connectivity index (χ1) is 27.4. The van der Waals surface area contributed by atoms with E-state index in [-0.39, 0.29) is 0 Å². The molecular weight excluding hydrogens is 697 g/mol. The van der Waals surface area contributed by atoms with E-state index < -0.39 is 8.07 Å². The van der Waals surface area contributed by atoms with Gasteiger partial charge in [-0.25, -0.2) is 15.0 Å². The fourth-order valence-corrected chi connectivity index (χ4v) is 8.46. The first-order valence-corrected chi connectivity index (χ1v) is 22.5. The maximum absolute atomic E-state index is 5.09. The van der Waals surface area contributed by atoms with Gasteiger partial charge in [0.25, 0.3) is 0 Å². The van der Waals surface area contributed by atoms with Crippen LogP contribution in [-0.4, -0.2) is 28.0 Å². The zero-order chi connectivity index (χ0) is 38.1. The van der Waals surface area contributed by atoms with Gasteiger partial charge in [-0.2, -0.15) is 0 Å². The molecule has 0 aliphatic rings. The number of benzene rings is 7. The molecule has 5 heteroatoms. The van der Waals surface area contributed by atoms with Gasteiger partial charge in [-0.1, -0.05) is 176 Å². The summed E-state index contributed by atoms with van der Waals surface area (Å²) in [6.07, 6.45) is 3.74. The molecule has 0 amide bonds. The number of rotatable bonds is 8. The van der Waals surface area contributed by atoms with Gasteiger partial charge in [0.15, 0.2) is 17.5 Å². The summed E-state index contributed by atoms with van der Waals surface area (Å²) in [5.74, 6) is 1.80.